The van der Waals surface area contributed by atoms with Crippen LogP contribution < -0.4 is 10.1 Å². The number of nitrogens with one attached hydrogen (secondary N) is 1. The van der Waals surface area contributed by atoms with Gasteiger partial charge in [0.2, 0.25) is 0 Å². The van der Waals surface area contributed by atoms with Gasteiger partial charge in [0.1, 0.15) is 11.9 Å². The van der Waals surface area contributed by atoms with Crippen LogP contribution in [0.1, 0.15) is 24.9 Å². The van der Waals surface area contributed by atoms with E-state index in [0.29, 0.717) is 0 Å². The summed E-state index contributed by atoms with van der Waals surface area (Å²) in [6, 6.07) is 8.53. The number of thioether (sulfide) groups is 1. The van der Waals surface area contributed by atoms with Crippen molar-refractivity contribution in [1.82, 2.24) is 5.32 Å². The van der Waals surface area contributed by atoms with Gasteiger partial charge in [0.15, 0.2) is 0 Å². The molecule has 3 rings (SSSR count). The summed E-state index contributed by atoms with van der Waals surface area (Å²) in [6.07, 6.45) is 1.27. The van der Waals surface area contributed by atoms with Crippen molar-refractivity contribution in [2.45, 2.75) is 30.4 Å². The number of ether oxygens (including phenoxy) is 1. The van der Waals surface area contributed by atoms with Crippen LogP contribution in [0.3, 0.4) is 0 Å². The van der Waals surface area contributed by atoms with Gasteiger partial charge < -0.3 is 10.1 Å². The lowest BCUT2D eigenvalue weighted by molar-refractivity contribution is 0.166. The fraction of sp³-hybridized carbons (Fsp3) is 0.375. The van der Waals surface area contributed by atoms with Crippen LogP contribution in [0.25, 0.3) is 0 Å². The second kappa shape index (κ2) is 7.18. The molecule has 1 aliphatic heterocycles. The third kappa shape index (κ3) is 3.47. The number of para-hydroxylation sites is 1. The molecule has 0 bridgehead atoms. The number of hydrogen-bond donors (Lipinski definition) is 1. The van der Waals surface area contributed by atoms with Gasteiger partial charge in [-0.1, -0.05) is 19.1 Å². The third-order valence-corrected chi connectivity index (χ3v) is 6.39. The van der Waals surface area contributed by atoms with Crippen LogP contribution in [-0.2, 0) is 0 Å². The number of halogens is 1. The standard InChI is InChI=1S/C16H18BrNOS2/c1-2-7-18-16(11-8-20-9-12(11)17)14-10-21-15-6-4-3-5-13(15)19-14/h3-6,8-9,14,16,18H,2,7,10H2,1H3. The average molecular weight is 384 g/mol. The maximum atomic E-state index is 6.27. The molecular weight excluding hydrogens is 366 g/mol. The van der Waals surface area contributed by atoms with E-state index in [2.05, 4.69) is 57.1 Å². The van der Waals surface area contributed by atoms with Crippen LogP contribution in [0.4, 0.5) is 0 Å². The highest BCUT2D eigenvalue weighted by molar-refractivity contribution is 9.10. The van der Waals surface area contributed by atoms with Crippen LogP contribution >= 0.6 is 39.0 Å². The molecule has 0 aliphatic carbocycles. The lowest BCUT2D eigenvalue weighted by Crippen LogP contribution is -2.39. The number of hydrogen-bond acceptors (Lipinski definition) is 4. The summed E-state index contributed by atoms with van der Waals surface area (Å²) < 4.78 is 7.44. The monoisotopic (exact) mass is 383 g/mol. The lowest BCUT2D eigenvalue weighted by Gasteiger charge is -2.32. The molecule has 0 saturated heterocycles. The minimum atomic E-state index is 0.155. The van der Waals surface area contributed by atoms with Gasteiger partial charge in [-0.05, 0) is 52.0 Å². The Kier molecular flexibility index (Phi) is 5.27. The summed E-state index contributed by atoms with van der Waals surface area (Å²) in [5.41, 5.74) is 1.30. The summed E-state index contributed by atoms with van der Waals surface area (Å²) in [7, 11) is 0. The highest BCUT2D eigenvalue weighted by atomic mass is 79.9. The largest absolute Gasteiger partial charge is 0.486 e. The quantitative estimate of drug-likeness (QED) is 0.775. The van der Waals surface area contributed by atoms with Gasteiger partial charge >= 0.3 is 0 Å². The van der Waals surface area contributed by atoms with E-state index in [4.69, 9.17) is 4.74 Å². The van der Waals surface area contributed by atoms with Crippen molar-refractivity contribution < 1.29 is 4.74 Å². The molecule has 0 radical (unpaired) electrons. The van der Waals surface area contributed by atoms with Gasteiger partial charge in [-0.15, -0.1) is 11.8 Å². The molecule has 2 aromatic rings. The Morgan fingerprint density at radius 1 is 1.38 bits per heavy atom. The number of rotatable bonds is 5. The smallest absolute Gasteiger partial charge is 0.133 e. The topological polar surface area (TPSA) is 21.3 Å². The first-order valence-corrected chi connectivity index (χ1v) is 9.85. The van der Waals surface area contributed by atoms with Crippen molar-refractivity contribution in [3.05, 3.63) is 45.1 Å². The summed E-state index contributed by atoms with van der Waals surface area (Å²) in [5.74, 6) is 1.98. The molecule has 0 saturated carbocycles. The van der Waals surface area contributed by atoms with E-state index >= 15 is 0 Å². The molecule has 112 valence electrons. The maximum absolute atomic E-state index is 6.27. The van der Waals surface area contributed by atoms with Gasteiger partial charge in [0, 0.05) is 20.5 Å². The normalized spacial score (nSPS) is 18.9. The van der Waals surface area contributed by atoms with E-state index in [-0.39, 0.29) is 12.1 Å². The first-order chi connectivity index (χ1) is 10.3. The summed E-state index contributed by atoms with van der Waals surface area (Å²) in [4.78, 5) is 1.24. The van der Waals surface area contributed by atoms with E-state index in [9.17, 15) is 0 Å². The molecule has 0 amide bonds. The SMILES string of the molecule is CCCNC(c1cscc1Br)C1CSc2ccccc2O1. The Bertz CT molecular complexity index is 601. The zero-order chi connectivity index (χ0) is 14.7. The van der Waals surface area contributed by atoms with Crippen molar-refractivity contribution in [1.29, 1.82) is 0 Å². The van der Waals surface area contributed by atoms with Crippen LogP contribution in [-0.4, -0.2) is 18.4 Å². The van der Waals surface area contributed by atoms with Crippen LogP contribution in [0.2, 0.25) is 0 Å². The molecule has 0 spiro atoms. The maximum Gasteiger partial charge on any atom is 0.133 e. The fourth-order valence-electron chi connectivity index (χ4n) is 2.45. The second-order valence-corrected chi connectivity index (χ2v) is 7.68. The number of thiophene rings is 1. The van der Waals surface area contributed by atoms with Gasteiger partial charge in [-0.3, -0.25) is 0 Å². The van der Waals surface area contributed by atoms with Gasteiger partial charge in [0.25, 0.3) is 0 Å². The second-order valence-electron chi connectivity index (χ2n) is 5.02. The van der Waals surface area contributed by atoms with Gasteiger partial charge in [-0.25, -0.2) is 0 Å². The summed E-state index contributed by atoms with van der Waals surface area (Å²) in [5, 5.41) is 8.00. The van der Waals surface area contributed by atoms with Gasteiger partial charge in [0.05, 0.1) is 6.04 Å². The number of fused-ring (bicyclic) bond motifs is 1. The Morgan fingerprint density at radius 3 is 3.00 bits per heavy atom. The molecule has 1 aliphatic rings. The molecule has 21 heavy (non-hydrogen) atoms. The van der Waals surface area contributed by atoms with Crippen molar-refractivity contribution in [3.8, 4) is 5.75 Å². The van der Waals surface area contributed by atoms with E-state index in [0.717, 1.165) is 24.5 Å². The Hall–Kier alpha value is -0.490. The molecule has 2 heterocycles. The lowest BCUT2D eigenvalue weighted by atomic mass is 10.1. The molecule has 1 N–H and O–H groups in total. The zero-order valence-electron chi connectivity index (χ0n) is 11.8. The Balaban J connectivity index is 1.83. The first-order valence-electron chi connectivity index (χ1n) is 7.13. The molecule has 2 nitrogen and oxygen atoms in total. The summed E-state index contributed by atoms with van der Waals surface area (Å²) in [6.45, 7) is 3.19. The molecule has 0 fully saturated rings. The predicted molar refractivity (Wildman–Crippen MR) is 94.6 cm³/mol. The molecule has 1 aromatic heterocycles. The van der Waals surface area contributed by atoms with E-state index in [1.807, 2.05) is 17.8 Å². The fourth-order valence-corrected chi connectivity index (χ4v) is 5.07. The van der Waals surface area contributed by atoms with Crippen molar-refractivity contribution in [3.63, 3.8) is 0 Å². The zero-order valence-corrected chi connectivity index (χ0v) is 15.1. The van der Waals surface area contributed by atoms with Crippen molar-refractivity contribution in [2.75, 3.05) is 12.3 Å². The summed E-state index contributed by atoms with van der Waals surface area (Å²) >= 11 is 7.28. The minimum Gasteiger partial charge on any atom is -0.486 e. The third-order valence-electron chi connectivity index (χ3n) is 3.49. The van der Waals surface area contributed by atoms with E-state index in [1.165, 1.54) is 14.9 Å². The number of benzene rings is 1. The van der Waals surface area contributed by atoms with Crippen LogP contribution in [0.5, 0.6) is 5.75 Å². The Morgan fingerprint density at radius 2 is 2.24 bits per heavy atom. The minimum absolute atomic E-state index is 0.155. The van der Waals surface area contributed by atoms with Gasteiger partial charge in [-0.2, -0.15) is 11.3 Å². The highest BCUT2D eigenvalue weighted by Crippen LogP contribution is 2.40. The predicted octanol–water partition coefficient (Wildman–Crippen LogP) is 5.10. The molecule has 1 aromatic carbocycles. The highest BCUT2D eigenvalue weighted by Gasteiger charge is 2.30. The molecular formula is C16H18BrNOS2. The van der Waals surface area contributed by atoms with Crippen molar-refractivity contribution in [2.24, 2.45) is 0 Å². The van der Waals surface area contributed by atoms with E-state index in [1.54, 1.807) is 11.3 Å². The molecule has 2 atom stereocenters. The first kappa shape index (κ1) is 15.4. The average Bonchev–Trinajstić information content (AvgIpc) is 2.94. The van der Waals surface area contributed by atoms with Crippen LogP contribution in [0, 0.1) is 0 Å². The van der Waals surface area contributed by atoms with Crippen LogP contribution in [0.15, 0.2) is 44.4 Å². The Labute approximate surface area is 142 Å². The van der Waals surface area contributed by atoms with E-state index < -0.39 is 0 Å². The van der Waals surface area contributed by atoms with Crippen molar-refractivity contribution >= 4 is 39.0 Å². The molecule has 2 unspecified atom stereocenters. The molecule has 5 heteroatoms.